The number of Topliss-reactive ketones (excluding diaryl/α,β-unsaturated/α-hetero) is 1. The smallest absolute Gasteiger partial charge is 0.162 e. The molecule has 0 saturated heterocycles. The Hall–Kier alpha value is -2.61. The fourth-order valence-electron chi connectivity index (χ4n) is 2.35. The molecule has 0 aromatic heterocycles. The zero-order valence-electron chi connectivity index (χ0n) is 11.9. The van der Waals surface area contributed by atoms with Crippen LogP contribution in [0, 0.1) is 0 Å². The van der Waals surface area contributed by atoms with E-state index in [-0.39, 0.29) is 5.78 Å². The van der Waals surface area contributed by atoms with Gasteiger partial charge in [-0.1, -0.05) is 55.5 Å². The second-order valence-electron chi connectivity index (χ2n) is 4.88. The van der Waals surface area contributed by atoms with Crippen molar-refractivity contribution in [2.45, 2.75) is 13.3 Å². The van der Waals surface area contributed by atoms with Crippen molar-refractivity contribution in [3.8, 4) is 11.5 Å². The Morgan fingerprint density at radius 2 is 1.71 bits per heavy atom. The summed E-state index contributed by atoms with van der Waals surface area (Å²) in [7, 11) is 0. The predicted octanol–water partition coefficient (Wildman–Crippen LogP) is 5.22. The highest BCUT2D eigenvalue weighted by atomic mass is 16.5. The van der Waals surface area contributed by atoms with Crippen LogP contribution in [0.1, 0.15) is 23.7 Å². The number of hydrogen-bond acceptors (Lipinski definition) is 2. The number of benzene rings is 3. The fourth-order valence-corrected chi connectivity index (χ4v) is 2.35. The minimum atomic E-state index is 0.123. The van der Waals surface area contributed by atoms with E-state index in [0.717, 1.165) is 16.5 Å². The van der Waals surface area contributed by atoms with Gasteiger partial charge < -0.3 is 4.74 Å². The third kappa shape index (κ3) is 2.79. The van der Waals surface area contributed by atoms with E-state index in [1.54, 1.807) is 6.07 Å². The number of rotatable bonds is 4. The van der Waals surface area contributed by atoms with Gasteiger partial charge in [-0.3, -0.25) is 4.79 Å². The topological polar surface area (TPSA) is 26.3 Å². The maximum Gasteiger partial charge on any atom is 0.162 e. The van der Waals surface area contributed by atoms with E-state index in [2.05, 4.69) is 12.1 Å². The highest BCUT2D eigenvalue weighted by molar-refractivity contribution is 5.96. The second kappa shape index (κ2) is 5.80. The van der Waals surface area contributed by atoms with Crippen molar-refractivity contribution in [3.05, 3.63) is 72.3 Å². The Morgan fingerprint density at radius 3 is 2.57 bits per heavy atom. The standard InChI is InChI=1S/C19H16O2/c1-2-18(20)15-9-5-10-16(13-15)21-19-12-6-8-14-7-3-4-11-17(14)19/h3-13H,2H2,1H3. The quantitative estimate of drug-likeness (QED) is 0.610. The molecule has 0 unspecified atom stereocenters. The number of hydrogen-bond donors (Lipinski definition) is 0. The summed E-state index contributed by atoms with van der Waals surface area (Å²) in [6, 6.07) is 21.4. The average molecular weight is 276 g/mol. The van der Waals surface area contributed by atoms with Crippen LogP contribution < -0.4 is 4.74 Å². The molecule has 0 amide bonds. The number of carbonyl (C=O) groups excluding carboxylic acids is 1. The van der Waals surface area contributed by atoms with E-state index in [1.165, 1.54) is 0 Å². The molecule has 3 aromatic carbocycles. The van der Waals surface area contributed by atoms with Crippen LogP contribution in [0.15, 0.2) is 66.7 Å². The largest absolute Gasteiger partial charge is 0.457 e. The zero-order chi connectivity index (χ0) is 14.7. The van der Waals surface area contributed by atoms with Gasteiger partial charge in [0.2, 0.25) is 0 Å². The van der Waals surface area contributed by atoms with Crippen LogP contribution in [0.3, 0.4) is 0 Å². The Morgan fingerprint density at radius 1 is 0.952 bits per heavy atom. The van der Waals surface area contributed by atoms with Crippen LogP contribution in [-0.4, -0.2) is 5.78 Å². The average Bonchev–Trinajstić information content (AvgIpc) is 2.55. The van der Waals surface area contributed by atoms with Gasteiger partial charge in [-0.2, -0.15) is 0 Å². The zero-order valence-corrected chi connectivity index (χ0v) is 11.9. The predicted molar refractivity (Wildman–Crippen MR) is 85.1 cm³/mol. The fraction of sp³-hybridized carbons (Fsp3) is 0.105. The Labute approximate surface area is 124 Å². The first-order valence-corrected chi connectivity index (χ1v) is 7.07. The molecule has 3 rings (SSSR count). The lowest BCUT2D eigenvalue weighted by atomic mass is 10.1. The molecule has 2 heteroatoms. The molecule has 0 heterocycles. The van der Waals surface area contributed by atoms with Gasteiger partial charge in [-0.05, 0) is 23.6 Å². The maximum atomic E-state index is 11.8. The lowest BCUT2D eigenvalue weighted by Gasteiger charge is -2.09. The van der Waals surface area contributed by atoms with Crippen LogP contribution in [0.5, 0.6) is 11.5 Å². The van der Waals surface area contributed by atoms with Gasteiger partial charge in [0, 0.05) is 17.4 Å². The number of ketones is 1. The van der Waals surface area contributed by atoms with Crippen molar-refractivity contribution < 1.29 is 9.53 Å². The molecule has 0 aliphatic rings. The van der Waals surface area contributed by atoms with Crippen molar-refractivity contribution in [2.75, 3.05) is 0 Å². The molecule has 3 aromatic rings. The van der Waals surface area contributed by atoms with Crippen LogP contribution in [0.4, 0.5) is 0 Å². The maximum absolute atomic E-state index is 11.8. The molecule has 0 spiro atoms. The summed E-state index contributed by atoms with van der Waals surface area (Å²) in [6.45, 7) is 1.86. The van der Waals surface area contributed by atoms with Crippen molar-refractivity contribution >= 4 is 16.6 Å². The minimum absolute atomic E-state index is 0.123. The molecule has 0 N–H and O–H groups in total. The first kappa shape index (κ1) is 13.4. The van der Waals surface area contributed by atoms with E-state index in [1.807, 2.05) is 55.5 Å². The molecular weight excluding hydrogens is 260 g/mol. The highest BCUT2D eigenvalue weighted by Gasteiger charge is 2.06. The molecule has 2 nitrogen and oxygen atoms in total. The van der Waals surface area contributed by atoms with Gasteiger partial charge in [0.15, 0.2) is 5.78 Å². The SMILES string of the molecule is CCC(=O)c1cccc(Oc2cccc3ccccc23)c1. The summed E-state index contributed by atoms with van der Waals surface area (Å²) in [4.78, 5) is 11.8. The van der Waals surface area contributed by atoms with E-state index in [0.29, 0.717) is 17.7 Å². The van der Waals surface area contributed by atoms with Crippen molar-refractivity contribution in [1.29, 1.82) is 0 Å². The van der Waals surface area contributed by atoms with Crippen LogP contribution in [0.25, 0.3) is 10.8 Å². The molecule has 0 radical (unpaired) electrons. The van der Waals surface area contributed by atoms with Crippen molar-refractivity contribution in [2.24, 2.45) is 0 Å². The first-order valence-electron chi connectivity index (χ1n) is 7.07. The molecule has 0 aliphatic heterocycles. The third-order valence-corrected chi connectivity index (χ3v) is 3.45. The van der Waals surface area contributed by atoms with Crippen molar-refractivity contribution in [1.82, 2.24) is 0 Å². The van der Waals surface area contributed by atoms with Crippen LogP contribution >= 0.6 is 0 Å². The second-order valence-corrected chi connectivity index (χ2v) is 4.88. The Kier molecular flexibility index (Phi) is 3.69. The summed E-state index contributed by atoms with van der Waals surface area (Å²) in [6.07, 6.45) is 0.498. The van der Waals surface area contributed by atoms with Gasteiger partial charge in [0.25, 0.3) is 0 Å². The first-order chi connectivity index (χ1) is 10.3. The van der Waals surface area contributed by atoms with Gasteiger partial charge >= 0.3 is 0 Å². The van der Waals surface area contributed by atoms with Crippen LogP contribution in [0.2, 0.25) is 0 Å². The summed E-state index contributed by atoms with van der Waals surface area (Å²) in [5, 5.41) is 2.20. The Bertz CT molecular complexity index is 785. The normalized spacial score (nSPS) is 10.5. The van der Waals surface area contributed by atoms with Crippen LogP contribution in [-0.2, 0) is 0 Å². The number of carbonyl (C=O) groups is 1. The summed E-state index contributed by atoms with van der Waals surface area (Å²) in [5.74, 6) is 1.61. The van der Waals surface area contributed by atoms with Gasteiger partial charge in [0.05, 0.1) is 0 Å². The monoisotopic (exact) mass is 276 g/mol. The summed E-state index contributed by atoms with van der Waals surface area (Å²) < 4.78 is 5.97. The summed E-state index contributed by atoms with van der Waals surface area (Å²) in [5.41, 5.74) is 0.690. The number of ether oxygens (including phenoxy) is 1. The van der Waals surface area contributed by atoms with Gasteiger partial charge in [-0.25, -0.2) is 0 Å². The lowest BCUT2D eigenvalue weighted by molar-refractivity contribution is 0.0988. The van der Waals surface area contributed by atoms with E-state index in [9.17, 15) is 4.79 Å². The van der Waals surface area contributed by atoms with Crippen molar-refractivity contribution in [3.63, 3.8) is 0 Å². The molecule has 0 atom stereocenters. The van der Waals surface area contributed by atoms with Gasteiger partial charge in [0.1, 0.15) is 11.5 Å². The Balaban J connectivity index is 1.97. The molecule has 0 fully saturated rings. The molecule has 21 heavy (non-hydrogen) atoms. The molecule has 0 saturated carbocycles. The third-order valence-electron chi connectivity index (χ3n) is 3.45. The molecule has 104 valence electrons. The highest BCUT2D eigenvalue weighted by Crippen LogP contribution is 2.30. The minimum Gasteiger partial charge on any atom is -0.457 e. The van der Waals surface area contributed by atoms with E-state index < -0.39 is 0 Å². The summed E-state index contributed by atoms with van der Waals surface area (Å²) >= 11 is 0. The molecule has 0 bridgehead atoms. The van der Waals surface area contributed by atoms with E-state index >= 15 is 0 Å². The molecular formula is C19H16O2. The number of fused-ring (bicyclic) bond motifs is 1. The molecule has 0 aliphatic carbocycles. The van der Waals surface area contributed by atoms with E-state index in [4.69, 9.17) is 4.74 Å². The van der Waals surface area contributed by atoms with Gasteiger partial charge in [-0.15, -0.1) is 0 Å². The lowest BCUT2D eigenvalue weighted by Crippen LogP contribution is -1.96.